The van der Waals surface area contributed by atoms with Gasteiger partial charge in [0.15, 0.2) is 0 Å². The second kappa shape index (κ2) is 6.11. The van der Waals surface area contributed by atoms with Gasteiger partial charge in [-0.05, 0) is 49.1 Å². The van der Waals surface area contributed by atoms with Crippen molar-refractivity contribution in [1.29, 1.82) is 0 Å². The van der Waals surface area contributed by atoms with Crippen LogP contribution in [0.4, 0.5) is 0 Å². The maximum Gasteiger partial charge on any atom is 0.139 e. The van der Waals surface area contributed by atoms with Gasteiger partial charge in [-0.3, -0.25) is 4.79 Å². The molecule has 0 radical (unpaired) electrons. The summed E-state index contributed by atoms with van der Waals surface area (Å²) in [6.07, 6.45) is 9.31. The third kappa shape index (κ3) is 2.82. The molecule has 3 atom stereocenters. The van der Waals surface area contributed by atoms with Crippen molar-refractivity contribution < 1.29 is 4.79 Å². The Kier molecular flexibility index (Phi) is 4.24. The van der Waals surface area contributed by atoms with Gasteiger partial charge in [-0.15, -0.1) is 0 Å². The summed E-state index contributed by atoms with van der Waals surface area (Å²) in [5.74, 6) is 2.04. The van der Waals surface area contributed by atoms with E-state index in [0.29, 0.717) is 17.6 Å². The smallest absolute Gasteiger partial charge is 0.139 e. The van der Waals surface area contributed by atoms with Gasteiger partial charge in [0.1, 0.15) is 5.78 Å². The molecule has 1 aromatic rings. The average Bonchev–Trinajstić information content (AvgIpc) is 2.53. The van der Waals surface area contributed by atoms with Gasteiger partial charge in [0.25, 0.3) is 0 Å². The van der Waals surface area contributed by atoms with Crippen molar-refractivity contribution in [2.24, 2.45) is 17.8 Å². The SMILES string of the molecule is CCC1CCCC(C(=O)C2CCc3ccccc3C2)C1. The Balaban J connectivity index is 1.67. The summed E-state index contributed by atoms with van der Waals surface area (Å²) in [6, 6.07) is 8.67. The molecule has 1 fully saturated rings. The van der Waals surface area contributed by atoms with Crippen molar-refractivity contribution in [3.05, 3.63) is 35.4 Å². The summed E-state index contributed by atoms with van der Waals surface area (Å²) in [5, 5.41) is 0. The number of ketones is 1. The van der Waals surface area contributed by atoms with E-state index in [4.69, 9.17) is 0 Å². The van der Waals surface area contributed by atoms with Crippen LogP contribution >= 0.6 is 0 Å². The van der Waals surface area contributed by atoms with Crippen molar-refractivity contribution in [3.8, 4) is 0 Å². The number of Topliss-reactive ketones (excluding diaryl/α,β-unsaturated/α-hetero) is 1. The zero-order valence-electron chi connectivity index (χ0n) is 12.6. The minimum atomic E-state index is 0.297. The van der Waals surface area contributed by atoms with Gasteiger partial charge >= 0.3 is 0 Å². The number of carbonyl (C=O) groups excluding carboxylic acids is 1. The van der Waals surface area contributed by atoms with Crippen molar-refractivity contribution in [2.75, 3.05) is 0 Å². The third-order valence-electron chi connectivity index (χ3n) is 5.51. The van der Waals surface area contributed by atoms with Crippen LogP contribution in [0.3, 0.4) is 0 Å². The molecule has 2 aliphatic carbocycles. The maximum absolute atomic E-state index is 12.8. The standard InChI is InChI=1S/C19H26O/c1-2-14-6-5-9-17(12-14)19(20)18-11-10-15-7-3-4-8-16(15)13-18/h3-4,7-8,14,17-18H,2,5-6,9-13H2,1H3. The van der Waals surface area contributed by atoms with Crippen LogP contribution in [0, 0.1) is 17.8 Å². The molecular weight excluding hydrogens is 244 g/mol. The van der Waals surface area contributed by atoms with Crippen LogP contribution in [0.5, 0.6) is 0 Å². The lowest BCUT2D eigenvalue weighted by molar-refractivity contribution is -0.128. The van der Waals surface area contributed by atoms with Crippen LogP contribution in [-0.4, -0.2) is 5.78 Å². The van der Waals surface area contributed by atoms with Gasteiger partial charge < -0.3 is 0 Å². The Morgan fingerprint density at radius 1 is 1.10 bits per heavy atom. The highest BCUT2D eigenvalue weighted by Crippen LogP contribution is 2.35. The number of benzene rings is 1. The van der Waals surface area contributed by atoms with Crippen molar-refractivity contribution in [2.45, 2.75) is 58.3 Å². The molecule has 0 spiro atoms. The normalized spacial score (nSPS) is 29.8. The molecule has 20 heavy (non-hydrogen) atoms. The second-order valence-corrected chi connectivity index (χ2v) is 6.75. The van der Waals surface area contributed by atoms with Gasteiger partial charge in [0.2, 0.25) is 0 Å². The summed E-state index contributed by atoms with van der Waals surface area (Å²) in [5.41, 5.74) is 2.88. The first-order chi connectivity index (χ1) is 9.78. The molecule has 2 aliphatic rings. The number of carbonyl (C=O) groups is 1. The van der Waals surface area contributed by atoms with Crippen molar-refractivity contribution >= 4 is 5.78 Å². The number of fused-ring (bicyclic) bond motifs is 1. The van der Waals surface area contributed by atoms with E-state index < -0.39 is 0 Å². The summed E-state index contributed by atoms with van der Waals surface area (Å²) < 4.78 is 0. The summed E-state index contributed by atoms with van der Waals surface area (Å²) in [6.45, 7) is 2.27. The molecule has 1 aromatic carbocycles. The lowest BCUT2D eigenvalue weighted by Gasteiger charge is -2.32. The van der Waals surface area contributed by atoms with Crippen LogP contribution < -0.4 is 0 Å². The first kappa shape index (κ1) is 13.9. The predicted molar refractivity (Wildman–Crippen MR) is 82.7 cm³/mol. The van der Waals surface area contributed by atoms with E-state index in [9.17, 15) is 4.79 Å². The average molecular weight is 270 g/mol. The van der Waals surface area contributed by atoms with Gasteiger partial charge in [0, 0.05) is 11.8 Å². The fourth-order valence-electron chi connectivity index (χ4n) is 4.19. The molecule has 0 aliphatic heterocycles. The molecule has 0 heterocycles. The molecule has 1 saturated carbocycles. The predicted octanol–water partition coefficient (Wildman–Crippen LogP) is 4.58. The van der Waals surface area contributed by atoms with E-state index >= 15 is 0 Å². The Bertz CT molecular complexity index is 476. The molecule has 0 N–H and O–H groups in total. The van der Waals surface area contributed by atoms with Crippen molar-refractivity contribution in [3.63, 3.8) is 0 Å². The fraction of sp³-hybridized carbons (Fsp3) is 0.632. The monoisotopic (exact) mass is 270 g/mol. The van der Waals surface area contributed by atoms with E-state index in [1.165, 1.54) is 30.4 Å². The zero-order chi connectivity index (χ0) is 13.9. The molecule has 0 bridgehead atoms. The van der Waals surface area contributed by atoms with Crippen LogP contribution in [-0.2, 0) is 17.6 Å². The van der Waals surface area contributed by atoms with Crippen LogP contribution in [0.2, 0.25) is 0 Å². The van der Waals surface area contributed by atoms with E-state index in [0.717, 1.165) is 38.0 Å². The fourth-order valence-corrected chi connectivity index (χ4v) is 4.19. The number of rotatable bonds is 3. The van der Waals surface area contributed by atoms with Gasteiger partial charge in [0.05, 0.1) is 0 Å². The first-order valence-electron chi connectivity index (χ1n) is 8.38. The lowest BCUT2D eigenvalue weighted by atomic mass is 9.72. The Labute approximate surface area is 122 Å². The highest BCUT2D eigenvalue weighted by Gasteiger charge is 2.32. The third-order valence-corrected chi connectivity index (χ3v) is 5.51. The van der Waals surface area contributed by atoms with Crippen LogP contribution in [0.25, 0.3) is 0 Å². The van der Waals surface area contributed by atoms with E-state index in [1.807, 2.05) is 0 Å². The molecule has 0 amide bonds. The summed E-state index contributed by atoms with van der Waals surface area (Å²) in [4.78, 5) is 12.8. The second-order valence-electron chi connectivity index (χ2n) is 6.75. The quantitative estimate of drug-likeness (QED) is 0.786. The molecule has 3 rings (SSSR count). The first-order valence-corrected chi connectivity index (χ1v) is 8.38. The molecular formula is C19H26O. The topological polar surface area (TPSA) is 17.1 Å². The van der Waals surface area contributed by atoms with Gasteiger partial charge in [-0.25, -0.2) is 0 Å². The Morgan fingerprint density at radius 2 is 1.90 bits per heavy atom. The van der Waals surface area contributed by atoms with Crippen molar-refractivity contribution in [1.82, 2.24) is 0 Å². The molecule has 108 valence electrons. The maximum atomic E-state index is 12.8. The minimum Gasteiger partial charge on any atom is -0.299 e. The number of aryl methyl sites for hydroxylation is 1. The van der Waals surface area contributed by atoms with E-state index in [1.54, 1.807) is 0 Å². The Hall–Kier alpha value is -1.11. The molecule has 1 heteroatoms. The molecule has 0 saturated heterocycles. The van der Waals surface area contributed by atoms with E-state index in [2.05, 4.69) is 31.2 Å². The molecule has 3 unspecified atom stereocenters. The number of hydrogen-bond acceptors (Lipinski definition) is 1. The van der Waals surface area contributed by atoms with Gasteiger partial charge in [-0.2, -0.15) is 0 Å². The highest BCUT2D eigenvalue weighted by atomic mass is 16.1. The lowest BCUT2D eigenvalue weighted by Crippen LogP contribution is -2.31. The largest absolute Gasteiger partial charge is 0.299 e. The molecule has 0 aromatic heterocycles. The minimum absolute atomic E-state index is 0.297. The Morgan fingerprint density at radius 3 is 2.70 bits per heavy atom. The van der Waals surface area contributed by atoms with E-state index in [-0.39, 0.29) is 0 Å². The summed E-state index contributed by atoms with van der Waals surface area (Å²) in [7, 11) is 0. The summed E-state index contributed by atoms with van der Waals surface area (Å²) >= 11 is 0. The molecule has 1 nitrogen and oxygen atoms in total. The van der Waals surface area contributed by atoms with Crippen LogP contribution in [0.1, 0.15) is 56.6 Å². The highest BCUT2D eigenvalue weighted by molar-refractivity contribution is 5.84. The van der Waals surface area contributed by atoms with Gasteiger partial charge in [-0.1, -0.05) is 50.5 Å². The van der Waals surface area contributed by atoms with Crippen LogP contribution in [0.15, 0.2) is 24.3 Å². The number of hydrogen-bond donors (Lipinski definition) is 0. The zero-order valence-corrected chi connectivity index (χ0v) is 12.6.